The Balaban J connectivity index is 2.54. The third-order valence-corrected chi connectivity index (χ3v) is 2.74. The molecule has 1 aromatic heterocycles. The Kier molecular flexibility index (Phi) is 6.04. The standard InChI is InChI=1S/C13H21N5O3/c1-7(2)11(14)12(20)15-6-9(19)17-13-16-8(3)5-10(18-13)21-4/h5,7,11H,6,14H2,1-4H3,(H,15,20)(H,16,17,18,19)/t11-/m0/s1. The first-order valence-electron chi connectivity index (χ1n) is 6.56. The van der Waals surface area contributed by atoms with E-state index in [0.717, 1.165) is 0 Å². The van der Waals surface area contributed by atoms with E-state index < -0.39 is 11.9 Å². The number of methoxy groups -OCH3 is 1. The predicted octanol–water partition coefficient (Wildman–Crippen LogP) is -0.168. The Morgan fingerprint density at radius 2 is 2.05 bits per heavy atom. The van der Waals surface area contributed by atoms with Gasteiger partial charge in [-0.3, -0.25) is 14.9 Å². The maximum absolute atomic E-state index is 11.7. The van der Waals surface area contributed by atoms with Crippen molar-refractivity contribution in [1.82, 2.24) is 15.3 Å². The third-order valence-electron chi connectivity index (χ3n) is 2.74. The van der Waals surface area contributed by atoms with Crippen molar-refractivity contribution in [2.75, 3.05) is 19.0 Å². The number of nitrogens with two attached hydrogens (primary N) is 1. The zero-order valence-electron chi connectivity index (χ0n) is 12.6. The van der Waals surface area contributed by atoms with Crippen LogP contribution in [0, 0.1) is 12.8 Å². The van der Waals surface area contributed by atoms with Gasteiger partial charge in [0.15, 0.2) is 0 Å². The van der Waals surface area contributed by atoms with Gasteiger partial charge in [-0.05, 0) is 12.8 Å². The number of ether oxygens (including phenoxy) is 1. The van der Waals surface area contributed by atoms with E-state index in [9.17, 15) is 9.59 Å². The molecule has 0 saturated carbocycles. The molecule has 0 fully saturated rings. The highest BCUT2D eigenvalue weighted by molar-refractivity contribution is 5.94. The molecule has 0 saturated heterocycles. The molecule has 0 radical (unpaired) electrons. The van der Waals surface area contributed by atoms with Crippen LogP contribution in [0.1, 0.15) is 19.5 Å². The molecule has 8 heteroatoms. The van der Waals surface area contributed by atoms with E-state index in [1.807, 2.05) is 13.8 Å². The van der Waals surface area contributed by atoms with Crippen molar-refractivity contribution < 1.29 is 14.3 Å². The van der Waals surface area contributed by atoms with Gasteiger partial charge in [-0.25, -0.2) is 4.98 Å². The molecule has 1 atom stereocenters. The van der Waals surface area contributed by atoms with E-state index in [-0.39, 0.29) is 24.3 Å². The van der Waals surface area contributed by atoms with Crippen LogP contribution in [-0.2, 0) is 9.59 Å². The topological polar surface area (TPSA) is 119 Å². The van der Waals surface area contributed by atoms with E-state index in [1.54, 1.807) is 13.0 Å². The van der Waals surface area contributed by atoms with E-state index >= 15 is 0 Å². The van der Waals surface area contributed by atoms with Crippen LogP contribution in [0.5, 0.6) is 5.88 Å². The lowest BCUT2D eigenvalue weighted by molar-refractivity contribution is -0.125. The molecule has 0 unspecified atom stereocenters. The molecule has 1 heterocycles. The molecule has 0 bridgehead atoms. The second-order valence-corrected chi connectivity index (χ2v) is 4.91. The highest BCUT2D eigenvalue weighted by atomic mass is 16.5. The number of hydrogen-bond donors (Lipinski definition) is 3. The Labute approximate surface area is 123 Å². The number of nitrogens with zero attached hydrogens (tertiary/aromatic N) is 2. The molecule has 4 N–H and O–H groups in total. The first kappa shape index (κ1) is 16.8. The van der Waals surface area contributed by atoms with Gasteiger partial charge < -0.3 is 15.8 Å². The van der Waals surface area contributed by atoms with Crippen LogP contribution in [0.25, 0.3) is 0 Å². The fourth-order valence-corrected chi connectivity index (χ4v) is 1.46. The highest BCUT2D eigenvalue weighted by Gasteiger charge is 2.17. The molecular formula is C13H21N5O3. The first-order valence-corrected chi connectivity index (χ1v) is 6.56. The first-order chi connectivity index (χ1) is 9.83. The van der Waals surface area contributed by atoms with Gasteiger partial charge >= 0.3 is 0 Å². The minimum absolute atomic E-state index is 0.00238. The minimum Gasteiger partial charge on any atom is -0.481 e. The molecule has 8 nitrogen and oxygen atoms in total. The van der Waals surface area contributed by atoms with Crippen molar-refractivity contribution in [2.24, 2.45) is 11.7 Å². The van der Waals surface area contributed by atoms with Crippen LogP contribution in [0.3, 0.4) is 0 Å². The summed E-state index contributed by atoms with van der Waals surface area (Å²) >= 11 is 0. The zero-order chi connectivity index (χ0) is 16.0. The summed E-state index contributed by atoms with van der Waals surface area (Å²) in [6.07, 6.45) is 0. The summed E-state index contributed by atoms with van der Waals surface area (Å²) in [6, 6.07) is 0.993. The smallest absolute Gasteiger partial charge is 0.246 e. The van der Waals surface area contributed by atoms with Crippen molar-refractivity contribution in [3.8, 4) is 5.88 Å². The Morgan fingerprint density at radius 1 is 1.38 bits per heavy atom. The van der Waals surface area contributed by atoms with Gasteiger partial charge in [-0.15, -0.1) is 0 Å². The van der Waals surface area contributed by atoms with Gasteiger partial charge in [0, 0.05) is 11.8 Å². The summed E-state index contributed by atoms with van der Waals surface area (Å²) < 4.78 is 4.98. The molecule has 21 heavy (non-hydrogen) atoms. The maximum atomic E-state index is 11.7. The number of aryl methyl sites for hydroxylation is 1. The van der Waals surface area contributed by atoms with Crippen LogP contribution in [0.2, 0.25) is 0 Å². The van der Waals surface area contributed by atoms with Gasteiger partial charge in [0.25, 0.3) is 0 Å². The van der Waals surface area contributed by atoms with Crippen molar-refractivity contribution in [3.05, 3.63) is 11.8 Å². The number of rotatable bonds is 6. The van der Waals surface area contributed by atoms with Crippen LogP contribution < -0.4 is 21.1 Å². The number of amides is 2. The lowest BCUT2D eigenvalue weighted by atomic mass is 10.1. The quantitative estimate of drug-likeness (QED) is 0.670. The van der Waals surface area contributed by atoms with Gasteiger partial charge in [-0.1, -0.05) is 13.8 Å². The Morgan fingerprint density at radius 3 is 2.62 bits per heavy atom. The average molecular weight is 295 g/mol. The zero-order valence-corrected chi connectivity index (χ0v) is 12.6. The van der Waals surface area contributed by atoms with Crippen molar-refractivity contribution in [1.29, 1.82) is 0 Å². The molecule has 0 aliphatic rings. The molecule has 0 aliphatic carbocycles. The summed E-state index contributed by atoms with van der Waals surface area (Å²) in [6.45, 7) is 5.22. The summed E-state index contributed by atoms with van der Waals surface area (Å²) in [4.78, 5) is 31.4. The maximum Gasteiger partial charge on any atom is 0.246 e. The average Bonchev–Trinajstić information content (AvgIpc) is 2.42. The highest BCUT2D eigenvalue weighted by Crippen LogP contribution is 2.10. The lowest BCUT2D eigenvalue weighted by Crippen LogP contribution is -2.46. The number of anilines is 1. The molecule has 0 aromatic carbocycles. The largest absolute Gasteiger partial charge is 0.481 e. The van der Waals surface area contributed by atoms with Crippen LogP contribution in [0.15, 0.2) is 6.07 Å². The van der Waals surface area contributed by atoms with Gasteiger partial charge in [0.2, 0.25) is 23.6 Å². The minimum atomic E-state index is -0.645. The fraction of sp³-hybridized carbons (Fsp3) is 0.538. The SMILES string of the molecule is COc1cc(C)nc(NC(=O)CNC(=O)[C@@H](N)C(C)C)n1. The number of carbonyl (C=O) groups is 2. The van der Waals surface area contributed by atoms with Gasteiger partial charge in [-0.2, -0.15) is 4.98 Å². The summed E-state index contributed by atoms with van der Waals surface area (Å²) in [7, 11) is 1.47. The van der Waals surface area contributed by atoms with E-state index in [1.165, 1.54) is 7.11 Å². The summed E-state index contributed by atoms with van der Waals surface area (Å²) in [5.74, 6) is -0.338. The number of aromatic nitrogens is 2. The molecule has 0 spiro atoms. The van der Waals surface area contributed by atoms with Crippen LogP contribution >= 0.6 is 0 Å². The van der Waals surface area contributed by atoms with E-state index in [0.29, 0.717) is 11.6 Å². The molecule has 2 amide bonds. The molecule has 116 valence electrons. The van der Waals surface area contributed by atoms with Crippen molar-refractivity contribution in [2.45, 2.75) is 26.8 Å². The number of hydrogen-bond acceptors (Lipinski definition) is 6. The number of carbonyl (C=O) groups excluding carboxylic acids is 2. The number of nitrogens with one attached hydrogen (secondary N) is 2. The van der Waals surface area contributed by atoms with Crippen molar-refractivity contribution >= 4 is 17.8 Å². The fourth-order valence-electron chi connectivity index (χ4n) is 1.46. The second kappa shape index (κ2) is 7.53. The van der Waals surface area contributed by atoms with Crippen molar-refractivity contribution in [3.63, 3.8) is 0 Å². The molecule has 1 aromatic rings. The monoisotopic (exact) mass is 295 g/mol. The Hall–Kier alpha value is -2.22. The molecular weight excluding hydrogens is 274 g/mol. The molecule has 0 aliphatic heterocycles. The second-order valence-electron chi connectivity index (χ2n) is 4.91. The van der Waals surface area contributed by atoms with E-state index in [2.05, 4.69) is 20.6 Å². The Bertz CT molecular complexity index is 519. The lowest BCUT2D eigenvalue weighted by Gasteiger charge is -2.15. The van der Waals surface area contributed by atoms with Gasteiger partial charge in [0.05, 0.1) is 19.7 Å². The summed E-state index contributed by atoms with van der Waals surface area (Å²) in [5, 5.41) is 4.95. The third kappa shape index (κ3) is 5.35. The summed E-state index contributed by atoms with van der Waals surface area (Å²) in [5.41, 5.74) is 6.33. The predicted molar refractivity (Wildman–Crippen MR) is 77.8 cm³/mol. The molecule has 1 rings (SSSR count). The van der Waals surface area contributed by atoms with Crippen LogP contribution in [0.4, 0.5) is 5.95 Å². The van der Waals surface area contributed by atoms with E-state index in [4.69, 9.17) is 10.5 Å². The van der Waals surface area contributed by atoms with Crippen LogP contribution in [-0.4, -0.2) is 41.5 Å². The van der Waals surface area contributed by atoms with Gasteiger partial charge in [0.1, 0.15) is 0 Å². The normalized spacial score (nSPS) is 11.9.